The van der Waals surface area contributed by atoms with E-state index in [2.05, 4.69) is 94.2 Å². The molecule has 5 heteroatoms. The molecule has 1 N–H and O–H groups in total. The van der Waals surface area contributed by atoms with Gasteiger partial charge in [-0.15, -0.1) is 5.73 Å². The first-order valence-electron chi connectivity index (χ1n) is 20.7. The van der Waals surface area contributed by atoms with Gasteiger partial charge in [0.15, 0.2) is 11.9 Å². The number of ketones is 1. The van der Waals surface area contributed by atoms with Crippen LogP contribution in [0.3, 0.4) is 0 Å². The number of carbonyl (C=O) groups is 1. The lowest BCUT2D eigenvalue weighted by Gasteiger charge is -2.33. The molecule has 5 unspecified atom stereocenters. The van der Waals surface area contributed by atoms with Gasteiger partial charge in [-0.2, -0.15) is 0 Å². The number of aliphatic hydroxyl groups excluding tert-OH is 1. The number of aliphatic imine (C=N–C) groups is 1. The second-order valence-electron chi connectivity index (χ2n) is 17.7. The number of rotatable bonds is 19. The van der Waals surface area contributed by atoms with Crippen LogP contribution < -0.4 is 4.74 Å². The zero-order chi connectivity index (χ0) is 39.5. The Kier molecular flexibility index (Phi) is 17.3. The van der Waals surface area contributed by atoms with Gasteiger partial charge in [-0.1, -0.05) is 100.0 Å². The minimum absolute atomic E-state index is 0.0143. The van der Waals surface area contributed by atoms with Crippen molar-refractivity contribution in [3.63, 3.8) is 0 Å². The molecule has 1 aromatic rings. The quantitative estimate of drug-likeness (QED) is 0.0507. The number of aliphatic hydroxyl groups is 1. The van der Waals surface area contributed by atoms with E-state index in [1.807, 2.05) is 0 Å². The van der Waals surface area contributed by atoms with E-state index in [0.717, 1.165) is 76.3 Å². The molecule has 0 radical (unpaired) electrons. The molecular formula is C48H72FNO3. The average Bonchev–Trinajstić information content (AvgIpc) is 3.42. The van der Waals surface area contributed by atoms with Crippen LogP contribution in [-0.4, -0.2) is 28.8 Å². The molecule has 1 heterocycles. The number of benzene rings is 1. The first-order valence-corrected chi connectivity index (χ1v) is 20.7. The molecule has 0 aromatic heterocycles. The largest absolute Gasteiger partial charge is 0.479 e. The summed E-state index contributed by atoms with van der Waals surface area (Å²) in [6.07, 6.45) is 15.8. The number of halogens is 1. The number of ether oxygens (including phenoxy) is 1. The molecule has 53 heavy (non-hydrogen) atoms. The normalized spacial score (nSPS) is 23.4. The fraction of sp³-hybridized carbons (Fsp3) is 0.646. The van der Waals surface area contributed by atoms with Gasteiger partial charge in [0.1, 0.15) is 11.6 Å². The van der Waals surface area contributed by atoms with E-state index in [1.165, 1.54) is 17.7 Å². The Hall–Kier alpha value is -3.01. The second-order valence-corrected chi connectivity index (χ2v) is 17.7. The smallest absolute Gasteiger partial charge is 0.192 e. The van der Waals surface area contributed by atoms with Crippen LogP contribution in [0.25, 0.3) is 0 Å². The zero-order valence-electron chi connectivity index (χ0n) is 34.9. The van der Waals surface area contributed by atoms with Gasteiger partial charge in [-0.25, -0.2) is 4.39 Å². The molecule has 0 spiro atoms. The third kappa shape index (κ3) is 12.8. The molecule has 0 amide bonds. The Morgan fingerprint density at radius 2 is 1.79 bits per heavy atom. The topological polar surface area (TPSA) is 58.9 Å². The number of hydrogen-bond donors (Lipinski definition) is 1. The Morgan fingerprint density at radius 1 is 1.08 bits per heavy atom. The minimum Gasteiger partial charge on any atom is -0.479 e. The van der Waals surface area contributed by atoms with E-state index in [4.69, 9.17) is 9.73 Å². The lowest BCUT2D eigenvalue weighted by Crippen LogP contribution is -2.34. The highest BCUT2D eigenvalue weighted by Gasteiger charge is 2.37. The monoisotopic (exact) mass is 730 g/mol. The summed E-state index contributed by atoms with van der Waals surface area (Å²) < 4.78 is 21.4. The van der Waals surface area contributed by atoms with Crippen molar-refractivity contribution in [3.8, 4) is 5.75 Å². The highest BCUT2D eigenvalue weighted by atomic mass is 19.1. The summed E-state index contributed by atoms with van der Waals surface area (Å²) in [5.41, 5.74) is 7.04. The summed E-state index contributed by atoms with van der Waals surface area (Å²) in [4.78, 5) is 18.8. The third-order valence-electron chi connectivity index (χ3n) is 12.4. The second kappa shape index (κ2) is 20.6. The van der Waals surface area contributed by atoms with Crippen molar-refractivity contribution in [2.75, 3.05) is 0 Å². The van der Waals surface area contributed by atoms with Crippen molar-refractivity contribution in [2.45, 2.75) is 152 Å². The van der Waals surface area contributed by atoms with Gasteiger partial charge in [0, 0.05) is 5.92 Å². The Balaban J connectivity index is 1.83. The molecule has 1 aromatic carbocycles. The molecule has 2 aliphatic rings. The predicted octanol–water partition coefficient (Wildman–Crippen LogP) is 13.1. The van der Waals surface area contributed by atoms with E-state index in [-0.39, 0.29) is 34.7 Å². The lowest BCUT2D eigenvalue weighted by atomic mass is 9.72. The number of carbonyl (C=O) groups excluding carboxylic acids is 1. The number of allylic oxidation sites excluding steroid dienone is 3. The molecule has 4 nitrogen and oxygen atoms in total. The molecule has 294 valence electrons. The van der Waals surface area contributed by atoms with E-state index >= 15 is 0 Å². The van der Waals surface area contributed by atoms with E-state index < -0.39 is 11.9 Å². The van der Waals surface area contributed by atoms with Crippen LogP contribution in [0, 0.1) is 52.7 Å². The highest BCUT2D eigenvalue weighted by molar-refractivity contribution is 6.10. The van der Waals surface area contributed by atoms with Crippen molar-refractivity contribution >= 4 is 11.5 Å². The van der Waals surface area contributed by atoms with Gasteiger partial charge in [-0.05, 0) is 141 Å². The van der Waals surface area contributed by atoms with Crippen molar-refractivity contribution < 1.29 is 19.0 Å². The first kappa shape index (κ1) is 44.4. The molecule has 1 aliphatic carbocycles. The summed E-state index contributed by atoms with van der Waals surface area (Å²) in [6, 6.07) is 4.19. The third-order valence-corrected chi connectivity index (χ3v) is 12.4. The molecule has 3 rings (SSSR count). The van der Waals surface area contributed by atoms with Crippen molar-refractivity contribution in [2.24, 2.45) is 51.8 Å². The van der Waals surface area contributed by atoms with Crippen LogP contribution in [0.5, 0.6) is 5.75 Å². The summed E-state index contributed by atoms with van der Waals surface area (Å²) in [6.45, 7) is 30.8. The fourth-order valence-electron chi connectivity index (χ4n) is 8.52. The van der Waals surface area contributed by atoms with Gasteiger partial charge >= 0.3 is 0 Å². The molecule has 0 bridgehead atoms. The number of Topliss-reactive ketones (excluding diaryl/α,β-unsaturated/α-hetero) is 1. The zero-order valence-corrected chi connectivity index (χ0v) is 34.9. The SMILES string of the molecule is C=C(C(=O)c1cc(F)ccc1OC1C(=C)C=C=CN=C1C1CCCC(CC)(C/C(C)=C\[C@@H](C[C@H](O)CC(C)C(C)C)C(C)C)CC1)C(CC)CC(C)C. The van der Waals surface area contributed by atoms with Crippen LogP contribution in [0.15, 0.2) is 77.2 Å². The summed E-state index contributed by atoms with van der Waals surface area (Å²) >= 11 is 0. The van der Waals surface area contributed by atoms with Gasteiger partial charge in [0.25, 0.3) is 0 Å². The molecular weight excluding hydrogens is 658 g/mol. The van der Waals surface area contributed by atoms with Crippen LogP contribution >= 0.6 is 0 Å². The highest BCUT2D eigenvalue weighted by Crippen LogP contribution is 2.46. The predicted molar refractivity (Wildman–Crippen MR) is 222 cm³/mol. The van der Waals surface area contributed by atoms with Crippen molar-refractivity contribution in [1.29, 1.82) is 0 Å². The van der Waals surface area contributed by atoms with Crippen LogP contribution in [-0.2, 0) is 0 Å². The van der Waals surface area contributed by atoms with Gasteiger partial charge < -0.3 is 9.84 Å². The fourth-order valence-corrected chi connectivity index (χ4v) is 8.52. The summed E-state index contributed by atoms with van der Waals surface area (Å²) in [5, 5.41) is 11.0. The van der Waals surface area contributed by atoms with E-state index in [9.17, 15) is 14.3 Å². The lowest BCUT2D eigenvalue weighted by molar-refractivity contribution is 0.101. The van der Waals surface area contributed by atoms with Crippen LogP contribution in [0.4, 0.5) is 4.39 Å². The van der Waals surface area contributed by atoms with E-state index in [1.54, 1.807) is 18.3 Å². The minimum atomic E-state index is -0.596. The van der Waals surface area contributed by atoms with Crippen LogP contribution in [0.2, 0.25) is 0 Å². The maximum atomic E-state index is 14.7. The Morgan fingerprint density at radius 3 is 2.42 bits per heavy atom. The van der Waals surface area contributed by atoms with Crippen molar-refractivity contribution in [1.82, 2.24) is 0 Å². The number of hydrogen-bond acceptors (Lipinski definition) is 4. The van der Waals surface area contributed by atoms with Crippen LogP contribution in [0.1, 0.15) is 150 Å². The van der Waals surface area contributed by atoms with Gasteiger partial charge in [-0.3, -0.25) is 9.79 Å². The van der Waals surface area contributed by atoms with Gasteiger partial charge in [0.05, 0.1) is 23.6 Å². The number of nitrogens with zero attached hydrogens (tertiary/aromatic N) is 1. The van der Waals surface area contributed by atoms with Gasteiger partial charge in [0.2, 0.25) is 0 Å². The standard InChI is InChI=1S/C48H72FNO3/c1-13-38(25-31(3)4)37(12)46(52)43-29-41(49)19-20-44(43)53-47-35(10)17-16-24-50-45(47)39-18-15-22-48(14-2,23-21-39)30-34(9)26-40(33(7)8)28-42(51)27-36(11)32(5)6/h17,19-20,24,26,29,31-33,36,38-40,42,47,51H,10,12-15,18,21-23,25,27-28,30H2,1-9,11H3/b34-26-/t36?,38?,39?,40-,42+,47?,48?/m0/s1. The molecule has 7 atom stereocenters. The van der Waals surface area contributed by atoms with Crippen molar-refractivity contribution in [3.05, 3.63) is 83.5 Å². The Bertz CT molecular complexity index is 1520. The average molecular weight is 730 g/mol. The summed E-state index contributed by atoms with van der Waals surface area (Å²) in [5.74, 6) is 2.05. The molecule has 1 fully saturated rings. The molecule has 0 saturated heterocycles. The maximum Gasteiger partial charge on any atom is 0.192 e. The first-order chi connectivity index (χ1) is 25.0. The van der Waals surface area contributed by atoms with E-state index in [0.29, 0.717) is 46.5 Å². The molecule has 1 saturated carbocycles. The summed E-state index contributed by atoms with van der Waals surface area (Å²) in [7, 11) is 0. The maximum absolute atomic E-state index is 14.7. The Labute approximate surface area is 322 Å². The molecule has 1 aliphatic heterocycles.